The fourth-order valence-corrected chi connectivity index (χ4v) is 3.66. The van der Waals surface area contributed by atoms with Crippen molar-refractivity contribution in [1.82, 2.24) is 15.2 Å². The third-order valence-electron chi connectivity index (χ3n) is 5.10. The van der Waals surface area contributed by atoms with Crippen LogP contribution in [0.2, 0.25) is 5.02 Å². The molecule has 0 atom stereocenters. The van der Waals surface area contributed by atoms with Crippen molar-refractivity contribution >= 4 is 29.1 Å². The number of nitrogens with one attached hydrogen (secondary N) is 1. The van der Waals surface area contributed by atoms with Crippen molar-refractivity contribution in [3.05, 3.63) is 53.2 Å². The van der Waals surface area contributed by atoms with Gasteiger partial charge >= 0.3 is 6.03 Å². The molecule has 0 unspecified atom stereocenters. The van der Waals surface area contributed by atoms with Gasteiger partial charge in [0.2, 0.25) is 0 Å². The Balaban J connectivity index is 1.48. The summed E-state index contributed by atoms with van der Waals surface area (Å²) in [6.07, 6.45) is 1.84. The van der Waals surface area contributed by atoms with Gasteiger partial charge in [-0.05, 0) is 37.6 Å². The van der Waals surface area contributed by atoms with E-state index in [9.17, 15) is 4.79 Å². The Hall–Kier alpha value is -2.47. The molecule has 1 aliphatic heterocycles. The summed E-state index contributed by atoms with van der Waals surface area (Å²) in [7, 11) is 0. The van der Waals surface area contributed by atoms with Gasteiger partial charge in [-0.15, -0.1) is 0 Å². The van der Waals surface area contributed by atoms with Gasteiger partial charge in [0, 0.05) is 52.0 Å². The van der Waals surface area contributed by atoms with Crippen molar-refractivity contribution in [2.24, 2.45) is 0 Å². The second-order valence-corrected chi connectivity index (χ2v) is 7.19. The van der Waals surface area contributed by atoms with Gasteiger partial charge in [-0.3, -0.25) is 0 Å². The summed E-state index contributed by atoms with van der Waals surface area (Å²) in [5, 5.41) is 3.75. The Morgan fingerprint density at radius 3 is 2.43 bits per heavy atom. The van der Waals surface area contributed by atoms with E-state index in [4.69, 9.17) is 11.6 Å². The zero-order valence-corrected chi connectivity index (χ0v) is 17.3. The van der Waals surface area contributed by atoms with E-state index in [1.54, 1.807) is 0 Å². The highest BCUT2D eigenvalue weighted by Gasteiger charge is 2.22. The van der Waals surface area contributed by atoms with E-state index in [-0.39, 0.29) is 6.03 Å². The van der Waals surface area contributed by atoms with E-state index in [0.29, 0.717) is 19.6 Å². The largest absolute Gasteiger partial charge is 0.367 e. The minimum absolute atomic E-state index is 0.0355. The van der Waals surface area contributed by atoms with E-state index >= 15 is 0 Å². The van der Waals surface area contributed by atoms with Crippen LogP contribution in [0.5, 0.6) is 0 Å². The number of rotatable bonds is 6. The lowest BCUT2D eigenvalue weighted by Gasteiger charge is -2.36. The molecule has 1 aromatic carbocycles. The summed E-state index contributed by atoms with van der Waals surface area (Å²) >= 11 is 6.28. The molecule has 0 spiro atoms. The summed E-state index contributed by atoms with van der Waals surface area (Å²) in [6.45, 7) is 9.48. The summed E-state index contributed by atoms with van der Waals surface area (Å²) in [4.78, 5) is 23.3. The average Bonchev–Trinajstić information content (AvgIpc) is 2.74. The highest BCUT2D eigenvalue weighted by Crippen LogP contribution is 2.26. The van der Waals surface area contributed by atoms with Crippen molar-refractivity contribution in [1.29, 1.82) is 0 Å². The molecule has 0 radical (unpaired) electrons. The number of pyridine rings is 1. The maximum Gasteiger partial charge on any atom is 0.317 e. The molecule has 1 N–H and O–H groups in total. The number of piperazine rings is 1. The maximum absolute atomic E-state index is 12.5. The van der Waals surface area contributed by atoms with Crippen molar-refractivity contribution < 1.29 is 4.79 Å². The van der Waals surface area contributed by atoms with E-state index in [1.807, 2.05) is 47.5 Å². The predicted molar refractivity (Wildman–Crippen MR) is 115 cm³/mol. The maximum atomic E-state index is 12.5. The Labute approximate surface area is 172 Å². The van der Waals surface area contributed by atoms with Crippen LogP contribution in [-0.2, 0) is 6.54 Å². The van der Waals surface area contributed by atoms with Crippen LogP contribution >= 0.6 is 11.6 Å². The number of anilines is 2. The molecule has 2 aromatic rings. The second kappa shape index (κ2) is 9.64. The van der Waals surface area contributed by atoms with E-state index in [2.05, 4.69) is 33.9 Å². The zero-order valence-electron chi connectivity index (χ0n) is 16.6. The number of nitrogens with zero attached hydrogens (tertiary/aromatic N) is 4. The first-order chi connectivity index (χ1) is 13.6. The molecule has 0 saturated carbocycles. The molecule has 6 nitrogen and oxygen atoms in total. The number of hydrogen-bond donors (Lipinski definition) is 1. The van der Waals surface area contributed by atoms with Gasteiger partial charge in [-0.1, -0.05) is 29.8 Å². The van der Waals surface area contributed by atoms with Gasteiger partial charge in [0.15, 0.2) is 0 Å². The molecule has 150 valence electrons. The van der Waals surface area contributed by atoms with E-state index in [1.165, 1.54) is 0 Å². The molecule has 1 saturated heterocycles. The molecule has 2 heterocycles. The number of halogens is 1. The van der Waals surface area contributed by atoms with Crippen molar-refractivity contribution in [3.8, 4) is 0 Å². The molecule has 1 fully saturated rings. The molecule has 28 heavy (non-hydrogen) atoms. The third kappa shape index (κ3) is 4.87. The lowest BCUT2D eigenvalue weighted by atomic mass is 10.2. The number of amides is 2. The van der Waals surface area contributed by atoms with Crippen LogP contribution < -0.4 is 15.1 Å². The van der Waals surface area contributed by atoms with Crippen molar-refractivity contribution in [3.63, 3.8) is 0 Å². The van der Waals surface area contributed by atoms with Crippen LogP contribution in [0.4, 0.5) is 16.3 Å². The first-order valence-corrected chi connectivity index (χ1v) is 10.2. The van der Waals surface area contributed by atoms with Gasteiger partial charge in [-0.2, -0.15) is 0 Å². The summed E-state index contributed by atoms with van der Waals surface area (Å²) in [6, 6.07) is 11.8. The van der Waals surface area contributed by atoms with Gasteiger partial charge < -0.3 is 20.0 Å². The summed E-state index contributed by atoms with van der Waals surface area (Å²) in [5.74, 6) is 0.968. The molecule has 1 aliphatic rings. The average molecular weight is 402 g/mol. The van der Waals surface area contributed by atoms with Crippen molar-refractivity contribution in [2.75, 3.05) is 49.1 Å². The first kappa shape index (κ1) is 20.3. The molecule has 3 rings (SSSR count). The monoisotopic (exact) mass is 401 g/mol. The highest BCUT2D eigenvalue weighted by atomic mass is 35.5. The standard InChI is InChI=1S/C21H28ClN5O/c1-3-25(4-2)20-10-9-17(15-23-20)16-24-21(28)27-13-11-26(12-14-27)19-8-6-5-7-18(19)22/h5-10,15H,3-4,11-14,16H2,1-2H3,(H,24,28). The number of aromatic nitrogens is 1. The van der Waals surface area contributed by atoms with E-state index < -0.39 is 0 Å². The lowest BCUT2D eigenvalue weighted by Crippen LogP contribution is -2.51. The number of urea groups is 1. The zero-order chi connectivity index (χ0) is 19.9. The first-order valence-electron chi connectivity index (χ1n) is 9.84. The molecule has 0 aliphatic carbocycles. The molecular formula is C21H28ClN5O. The minimum atomic E-state index is -0.0355. The van der Waals surface area contributed by atoms with Crippen LogP contribution in [0.1, 0.15) is 19.4 Å². The molecule has 0 bridgehead atoms. The van der Waals surface area contributed by atoms with Crippen LogP contribution in [0.25, 0.3) is 0 Å². The number of carbonyl (C=O) groups excluding carboxylic acids is 1. The van der Waals surface area contributed by atoms with Crippen LogP contribution in [0.15, 0.2) is 42.6 Å². The topological polar surface area (TPSA) is 51.7 Å². The highest BCUT2D eigenvalue weighted by molar-refractivity contribution is 6.33. The van der Waals surface area contributed by atoms with Crippen molar-refractivity contribution in [2.45, 2.75) is 20.4 Å². The number of benzene rings is 1. The molecule has 7 heteroatoms. The minimum Gasteiger partial charge on any atom is -0.367 e. The Kier molecular flexibility index (Phi) is 6.98. The normalized spacial score (nSPS) is 14.1. The smallest absolute Gasteiger partial charge is 0.317 e. The quantitative estimate of drug-likeness (QED) is 0.803. The Morgan fingerprint density at radius 2 is 1.82 bits per heavy atom. The van der Waals surface area contributed by atoms with Gasteiger partial charge in [0.25, 0.3) is 0 Å². The fraction of sp³-hybridized carbons (Fsp3) is 0.429. The Bertz CT molecular complexity index is 771. The third-order valence-corrected chi connectivity index (χ3v) is 5.42. The van der Waals surface area contributed by atoms with Crippen LogP contribution in [0, 0.1) is 0 Å². The SMILES string of the molecule is CCN(CC)c1ccc(CNC(=O)N2CCN(c3ccccc3Cl)CC2)cn1. The molecule has 2 amide bonds. The number of carbonyl (C=O) groups is 1. The lowest BCUT2D eigenvalue weighted by molar-refractivity contribution is 0.194. The molecular weight excluding hydrogens is 374 g/mol. The summed E-state index contributed by atoms with van der Waals surface area (Å²) < 4.78 is 0. The fourth-order valence-electron chi connectivity index (χ4n) is 3.40. The van der Waals surface area contributed by atoms with Crippen LogP contribution in [-0.4, -0.2) is 55.2 Å². The number of hydrogen-bond acceptors (Lipinski definition) is 4. The van der Waals surface area contributed by atoms with Crippen LogP contribution in [0.3, 0.4) is 0 Å². The Morgan fingerprint density at radius 1 is 1.11 bits per heavy atom. The van der Waals surface area contributed by atoms with Gasteiger partial charge in [0.05, 0.1) is 10.7 Å². The van der Waals surface area contributed by atoms with E-state index in [0.717, 1.165) is 48.3 Å². The predicted octanol–water partition coefficient (Wildman–Crippen LogP) is 3.61. The second-order valence-electron chi connectivity index (χ2n) is 6.78. The summed E-state index contributed by atoms with van der Waals surface area (Å²) in [5.41, 5.74) is 2.03. The molecule has 1 aromatic heterocycles. The number of para-hydroxylation sites is 1. The van der Waals surface area contributed by atoms with Gasteiger partial charge in [0.1, 0.15) is 5.82 Å². The van der Waals surface area contributed by atoms with Gasteiger partial charge in [-0.25, -0.2) is 9.78 Å².